The molecule has 2 aliphatic rings. The normalized spacial score (nSPS) is 17.0. The van der Waals surface area contributed by atoms with Crippen LogP contribution in [0.1, 0.15) is 24.0 Å². The van der Waals surface area contributed by atoms with E-state index < -0.39 is 0 Å². The first kappa shape index (κ1) is 12.3. The van der Waals surface area contributed by atoms with Crippen LogP contribution in [0, 0.1) is 5.92 Å². The molecule has 0 unspecified atom stereocenters. The first-order chi connectivity index (χ1) is 10.3. The topological polar surface area (TPSA) is 38.7 Å². The molecule has 0 radical (unpaired) electrons. The third-order valence-corrected chi connectivity index (χ3v) is 3.94. The van der Waals surface area contributed by atoms with Gasteiger partial charge in [-0.1, -0.05) is 24.3 Å². The molecule has 2 aromatic carbocycles. The van der Waals surface area contributed by atoms with Gasteiger partial charge in [0.1, 0.15) is 5.75 Å². The van der Waals surface area contributed by atoms with Crippen molar-refractivity contribution in [1.82, 2.24) is 0 Å². The zero-order valence-corrected chi connectivity index (χ0v) is 11.6. The molecule has 4 rings (SSSR count). The second-order valence-electron chi connectivity index (χ2n) is 5.53. The summed E-state index contributed by atoms with van der Waals surface area (Å²) in [6.07, 6.45) is 4.67. The number of phenols is 1. The van der Waals surface area contributed by atoms with Crippen LogP contribution >= 0.6 is 0 Å². The summed E-state index contributed by atoms with van der Waals surface area (Å²) in [5.74, 6) is 2.56. The summed E-state index contributed by atoms with van der Waals surface area (Å²) in [6, 6.07) is 13.4. The highest BCUT2D eigenvalue weighted by Gasteiger charge is 2.28. The fraction of sp³-hybridized carbons (Fsp3) is 0.222. The van der Waals surface area contributed by atoms with Crippen LogP contribution in [0.4, 0.5) is 0 Å². The number of allylic oxidation sites excluding steroid dienone is 1. The predicted molar refractivity (Wildman–Crippen MR) is 81.3 cm³/mol. The number of rotatable bonds is 3. The van der Waals surface area contributed by atoms with Gasteiger partial charge in [0, 0.05) is 0 Å². The third-order valence-electron chi connectivity index (χ3n) is 3.94. The number of hydrogen-bond donors (Lipinski definition) is 1. The first-order valence-corrected chi connectivity index (χ1v) is 7.20. The molecule has 1 aliphatic heterocycles. The van der Waals surface area contributed by atoms with Gasteiger partial charge in [-0.25, -0.2) is 0 Å². The molecule has 0 aromatic heterocycles. The van der Waals surface area contributed by atoms with Gasteiger partial charge in [0.2, 0.25) is 6.79 Å². The molecule has 1 aliphatic carbocycles. The van der Waals surface area contributed by atoms with E-state index in [9.17, 15) is 5.11 Å². The summed E-state index contributed by atoms with van der Waals surface area (Å²) in [5, 5.41) is 9.38. The maximum Gasteiger partial charge on any atom is 0.231 e. The highest BCUT2D eigenvalue weighted by atomic mass is 16.7. The molecular formula is C18H16O3. The van der Waals surface area contributed by atoms with Crippen molar-refractivity contribution in [2.45, 2.75) is 12.8 Å². The van der Waals surface area contributed by atoms with Crippen molar-refractivity contribution in [2.24, 2.45) is 5.92 Å². The molecule has 0 bridgehead atoms. The van der Waals surface area contributed by atoms with E-state index in [1.165, 1.54) is 24.0 Å². The molecule has 106 valence electrons. The quantitative estimate of drug-likeness (QED) is 0.861. The van der Waals surface area contributed by atoms with Crippen molar-refractivity contribution in [1.29, 1.82) is 0 Å². The molecule has 3 heteroatoms. The van der Waals surface area contributed by atoms with E-state index in [-0.39, 0.29) is 0 Å². The highest BCUT2D eigenvalue weighted by Crippen LogP contribution is 2.45. The second-order valence-corrected chi connectivity index (χ2v) is 5.53. The Morgan fingerprint density at radius 3 is 2.52 bits per heavy atom. The number of aromatic hydroxyl groups is 1. The van der Waals surface area contributed by atoms with E-state index in [2.05, 4.69) is 18.2 Å². The van der Waals surface area contributed by atoms with E-state index >= 15 is 0 Å². The fourth-order valence-corrected chi connectivity index (χ4v) is 2.66. The lowest BCUT2D eigenvalue weighted by molar-refractivity contribution is 0.174. The van der Waals surface area contributed by atoms with E-state index in [0.717, 1.165) is 17.1 Å². The van der Waals surface area contributed by atoms with E-state index in [4.69, 9.17) is 9.47 Å². The summed E-state index contributed by atoms with van der Waals surface area (Å²) >= 11 is 0. The van der Waals surface area contributed by atoms with Crippen LogP contribution in [0.3, 0.4) is 0 Å². The average molecular weight is 280 g/mol. The molecule has 0 amide bonds. The van der Waals surface area contributed by atoms with Crippen LogP contribution in [-0.2, 0) is 0 Å². The van der Waals surface area contributed by atoms with Crippen molar-refractivity contribution in [3.05, 3.63) is 53.6 Å². The van der Waals surface area contributed by atoms with Gasteiger partial charge in [0.25, 0.3) is 0 Å². The zero-order valence-electron chi connectivity index (χ0n) is 11.6. The maximum atomic E-state index is 9.38. The van der Waals surface area contributed by atoms with Gasteiger partial charge in [0.15, 0.2) is 11.5 Å². The van der Waals surface area contributed by atoms with Gasteiger partial charge in [-0.05, 0) is 59.7 Å². The Hall–Kier alpha value is -2.42. The van der Waals surface area contributed by atoms with Crippen LogP contribution in [0.25, 0.3) is 11.6 Å². The van der Waals surface area contributed by atoms with Crippen molar-refractivity contribution >= 4 is 11.6 Å². The Balaban J connectivity index is 1.73. The molecule has 0 atom stereocenters. The summed E-state index contributed by atoms with van der Waals surface area (Å²) in [7, 11) is 0. The van der Waals surface area contributed by atoms with E-state index in [1.54, 1.807) is 12.1 Å². The lowest BCUT2D eigenvalue weighted by Gasteiger charge is -2.08. The van der Waals surface area contributed by atoms with Gasteiger partial charge >= 0.3 is 0 Å². The number of benzene rings is 2. The fourth-order valence-electron chi connectivity index (χ4n) is 2.66. The lowest BCUT2D eigenvalue weighted by atomic mass is 9.98. The van der Waals surface area contributed by atoms with Crippen LogP contribution < -0.4 is 9.47 Å². The molecular weight excluding hydrogens is 264 g/mol. The van der Waals surface area contributed by atoms with Crippen molar-refractivity contribution < 1.29 is 14.6 Å². The Bertz CT molecular complexity index is 697. The SMILES string of the molecule is Oc1ccc(C=C(c2ccc3c(c2)OCO3)C2CC2)cc1. The molecule has 0 saturated heterocycles. The van der Waals surface area contributed by atoms with Gasteiger partial charge in [-0.2, -0.15) is 0 Å². The maximum absolute atomic E-state index is 9.38. The Labute approximate surface area is 123 Å². The number of fused-ring (bicyclic) bond motifs is 1. The smallest absolute Gasteiger partial charge is 0.231 e. The summed E-state index contributed by atoms with van der Waals surface area (Å²) < 4.78 is 10.8. The molecule has 1 saturated carbocycles. The largest absolute Gasteiger partial charge is 0.508 e. The Morgan fingerprint density at radius 1 is 1.00 bits per heavy atom. The minimum atomic E-state index is 0.295. The van der Waals surface area contributed by atoms with Gasteiger partial charge < -0.3 is 14.6 Å². The minimum Gasteiger partial charge on any atom is -0.508 e. The minimum absolute atomic E-state index is 0.295. The van der Waals surface area contributed by atoms with Gasteiger partial charge in [-0.15, -0.1) is 0 Å². The van der Waals surface area contributed by atoms with Crippen LogP contribution in [0.2, 0.25) is 0 Å². The van der Waals surface area contributed by atoms with Gasteiger partial charge in [0.05, 0.1) is 0 Å². The molecule has 2 aromatic rings. The van der Waals surface area contributed by atoms with Crippen LogP contribution in [-0.4, -0.2) is 11.9 Å². The number of ether oxygens (including phenoxy) is 2. The second kappa shape index (κ2) is 4.85. The molecule has 1 N–H and O–H groups in total. The highest BCUT2D eigenvalue weighted by molar-refractivity contribution is 5.84. The standard InChI is InChI=1S/C18H16O3/c19-15-6-1-12(2-7-15)9-16(13-3-4-13)14-5-8-17-18(10-14)21-11-20-17/h1-2,5-10,13,19H,3-4,11H2. The Morgan fingerprint density at radius 2 is 1.76 bits per heavy atom. The summed E-state index contributed by atoms with van der Waals surface area (Å²) in [4.78, 5) is 0. The monoisotopic (exact) mass is 280 g/mol. The summed E-state index contributed by atoms with van der Waals surface area (Å²) in [6.45, 7) is 0.305. The molecule has 1 fully saturated rings. The molecule has 21 heavy (non-hydrogen) atoms. The number of phenolic OH excluding ortho intramolecular Hbond substituents is 1. The van der Waals surface area contributed by atoms with Gasteiger partial charge in [-0.3, -0.25) is 0 Å². The number of hydrogen-bond acceptors (Lipinski definition) is 3. The van der Waals surface area contributed by atoms with E-state index in [0.29, 0.717) is 18.5 Å². The first-order valence-electron chi connectivity index (χ1n) is 7.20. The van der Waals surface area contributed by atoms with Crippen molar-refractivity contribution in [3.8, 4) is 17.2 Å². The molecule has 1 heterocycles. The molecule has 0 spiro atoms. The van der Waals surface area contributed by atoms with Crippen molar-refractivity contribution in [3.63, 3.8) is 0 Å². The molecule has 3 nitrogen and oxygen atoms in total. The van der Waals surface area contributed by atoms with Crippen LogP contribution in [0.5, 0.6) is 17.2 Å². The zero-order chi connectivity index (χ0) is 14.2. The van der Waals surface area contributed by atoms with Crippen LogP contribution in [0.15, 0.2) is 42.5 Å². The summed E-state index contributed by atoms with van der Waals surface area (Å²) in [5.41, 5.74) is 3.63. The van der Waals surface area contributed by atoms with E-state index in [1.807, 2.05) is 18.2 Å². The predicted octanol–water partition coefficient (Wildman–Crippen LogP) is 4.07. The third kappa shape index (κ3) is 2.47. The van der Waals surface area contributed by atoms with Crippen molar-refractivity contribution in [2.75, 3.05) is 6.79 Å². The lowest BCUT2D eigenvalue weighted by Crippen LogP contribution is -1.93. The Kier molecular flexibility index (Phi) is 2.85. The average Bonchev–Trinajstić information content (AvgIpc) is 3.23.